The van der Waals surface area contributed by atoms with Crippen molar-refractivity contribution in [2.75, 3.05) is 44.6 Å². The summed E-state index contributed by atoms with van der Waals surface area (Å²) in [5.41, 5.74) is 7.07. The van der Waals surface area contributed by atoms with Crippen molar-refractivity contribution in [3.63, 3.8) is 0 Å². The molecule has 0 saturated heterocycles. The van der Waals surface area contributed by atoms with E-state index in [0.717, 1.165) is 0 Å². The maximum absolute atomic E-state index is 11.6. The number of methoxy groups -OCH3 is 1. The molecule has 0 bridgehead atoms. The fourth-order valence-electron chi connectivity index (χ4n) is 1.47. The minimum Gasteiger partial charge on any atom is -0.465 e. The van der Waals surface area contributed by atoms with Gasteiger partial charge >= 0.3 is 5.97 Å². The van der Waals surface area contributed by atoms with Crippen LogP contribution in [-0.4, -0.2) is 52.2 Å². The Balaban J connectivity index is 2.69. The van der Waals surface area contributed by atoms with Gasteiger partial charge in [-0.05, 0) is 18.2 Å². The van der Waals surface area contributed by atoms with Gasteiger partial charge in [0.05, 0.1) is 29.8 Å². The first kappa shape index (κ1) is 16.3. The maximum atomic E-state index is 11.6. The van der Waals surface area contributed by atoms with E-state index in [0.29, 0.717) is 16.9 Å². The van der Waals surface area contributed by atoms with Crippen molar-refractivity contribution < 1.29 is 17.9 Å². The minimum atomic E-state index is -3.25. The van der Waals surface area contributed by atoms with Crippen LogP contribution in [0.25, 0.3) is 0 Å². The lowest BCUT2D eigenvalue weighted by Gasteiger charge is -2.13. The number of carbonyl (C=O) groups is 1. The van der Waals surface area contributed by atoms with E-state index in [-0.39, 0.29) is 12.3 Å². The zero-order chi connectivity index (χ0) is 15.3. The number of sulfonamides is 1. The molecule has 0 amide bonds. The van der Waals surface area contributed by atoms with E-state index in [1.54, 1.807) is 12.1 Å². The summed E-state index contributed by atoms with van der Waals surface area (Å²) in [5, 5.41) is 2.93. The third-order valence-electron chi connectivity index (χ3n) is 2.70. The number of hydrogen-bond donors (Lipinski definition) is 2. The first-order valence-corrected chi connectivity index (χ1v) is 7.50. The van der Waals surface area contributed by atoms with Gasteiger partial charge in [0.25, 0.3) is 0 Å². The van der Waals surface area contributed by atoms with Crippen LogP contribution in [0.1, 0.15) is 10.4 Å². The Morgan fingerprint density at radius 2 is 2.05 bits per heavy atom. The number of nitrogens with two attached hydrogens (primary N) is 1. The predicted molar refractivity (Wildman–Crippen MR) is 78.2 cm³/mol. The van der Waals surface area contributed by atoms with E-state index >= 15 is 0 Å². The topological polar surface area (TPSA) is 102 Å². The summed E-state index contributed by atoms with van der Waals surface area (Å²) in [6, 6.07) is 4.66. The number of ether oxygens (including phenoxy) is 1. The SMILES string of the molecule is COC(=O)c1ccc(NCCS(=O)(=O)N(C)C)c(N)c1. The molecule has 1 aromatic carbocycles. The molecule has 0 unspecified atom stereocenters. The molecular formula is C12H19N3O4S. The van der Waals surface area contributed by atoms with E-state index < -0.39 is 16.0 Å². The molecule has 8 heteroatoms. The summed E-state index contributed by atoms with van der Waals surface area (Å²) in [6.45, 7) is 0.224. The Morgan fingerprint density at radius 1 is 1.40 bits per heavy atom. The molecule has 0 saturated carbocycles. The number of anilines is 2. The number of rotatable bonds is 6. The van der Waals surface area contributed by atoms with Crippen LogP contribution in [0, 0.1) is 0 Å². The van der Waals surface area contributed by atoms with Crippen molar-refractivity contribution in [3.8, 4) is 0 Å². The molecule has 7 nitrogen and oxygen atoms in total. The Hall–Kier alpha value is -1.80. The van der Waals surface area contributed by atoms with E-state index in [4.69, 9.17) is 5.73 Å². The van der Waals surface area contributed by atoms with E-state index in [1.807, 2.05) is 0 Å². The standard InChI is InChI=1S/C12H19N3O4S/c1-15(2)20(17,18)7-6-14-11-5-4-9(8-10(11)13)12(16)19-3/h4-5,8,14H,6-7,13H2,1-3H3. The quantitative estimate of drug-likeness (QED) is 0.581. The highest BCUT2D eigenvalue weighted by atomic mass is 32.2. The van der Waals surface area contributed by atoms with Crippen molar-refractivity contribution in [1.29, 1.82) is 0 Å². The Labute approximate surface area is 118 Å². The second-order valence-corrected chi connectivity index (χ2v) is 6.62. The third-order valence-corrected chi connectivity index (χ3v) is 4.54. The van der Waals surface area contributed by atoms with E-state index in [2.05, 4.69) is 10.1 Å². The Morgan fingerprint density at radius 3 is 2.55 bits per heavy atom. The fourth-order valence-corrected chi connectivity index (χ4v) is 2.19. The average Bonchev–Trinajstić information content (AvgIpc) is 2.39. The smallest absolute Gasteiger partial charge is 0.337 e. The van der Waals surface area contributed by atoms with Crippen molar-refractivity contribution in [2.45, 2.75) is 0 Å². The third kappa shape index (κ3) is 4.10. The summed E-state index contributed by atoms with van der Waals surface area (Å²) < 4.78 is 28.9. The Bertz CT molecular complexity index is 584. The summed E-state index contributed by atoms with van der Waals surface area (Å²) in [4.78, 5) is 11.3. The average molecular weight is 301 g/mol. The molecule has 112 valence electrons. The monoisotopic (exact) mass is 301 g/mol. The van der Waals surface area contributed by atoms with Gasteiger partial charge in [0.1, 0.15) is 0 Å². The number of nitrogen functional groups attached to an aromatic ring is 1. The molecule has 0 aliphatic rings. The van der Waals surface area contributed by atoms with E-state index in [9.17, 15) is 13.2 Å². The zero-order valence-electron chi connectivity index (χ0n) is 11.7. The van der Waals surface area contributed by atoms with Crippen molar-refractivity contribution in [3.05, 3.63) is 23.8 Å². The lowest BCUT2D eigenvalue weighted by Crippen LogP contribution is -2.28. The van der Waals surface area contributed by atoms with Gasteiger partial charge in [-0.1, -0.05) is 0 Å². The molecule has 0 heterocycles. The van der Waals surface area contributed by atoms with Crippen LogP contribution in [0.15, 0.2) is 18.2 Å². The second kappa shape index (κ2) is 6.58. The highest BCUT2D eigenvalue weighted by Gasteiger charge is 2.13. The number of hydrogen-bond acceptors (Lipinski definition) is 6. The van der Waals surface area contributed by atoms with Gasteiger partial charge < -0.3 is 15.8 Å². The van der Waals surface area contributed by atoms with Gasteiger partial charge in [0.2, 0.25) is 10.0 Å². The molecule has 0 aromatic heterocycles. The molecule has 0 radical (unpaired) electrons. The lowest BCUT2D eigenvalue weighted by atomic mass is 10.2. The van der Waals surface area contributed by atoms with Crippen LogP contribution < -0.4 is 11.1 Å². The first-order chi connectivity index (χ1) is 9.27. The summed E-state index contributed by atoms with van der Waals surface area (Å²) in [6.07, 6.45) is 0. The number of carbonyl (C=O) groups excluding carboxylic acids is 1. The van der Waals surface area contributed by atoms with Gasteiger partial charge in [-0.25, -0.2) is 17.5 Å². The van der Waals surface area contributed by atoms with Gasteiger partial charge in [0, 0.05) is 20.6 Å². The summed E-state index contributed by atoms with van der Waals surface area (Å²) in [5.74, 6) is -0.517. The van der Waals surface area contributed by atoms with Gasteiger partial charge in [-0.3, -0.25) is 0 Å². The second-order valence-electron chi connectivity index (χ2n) is 4.32. The molecular weight excluding hydrogens is 282 g/mol. The van der Waals surface area contributed by atoms with Crippen molar-refractivity contribution >= 4 is 27.4 Å². The number of esters is 1. The highest BCUT2D eigenvalue weighted by molar-refractivity contribution is 7.89. The van der Waals surface area contributed by atoms with Crippen LogP contribution >= 0.6 is 0 Å². The summed E-state index contributed by atoms with van der Waals surface area (Å²) >= 11 is 0. The van der Waals surface area contributed by atoms with Gasteiger partial charge in [-0.15, -0.1) is 0 Å². The summed E-state index contributed by atoms with van der Waals surface area (Å²) in [7, 11) is 1.000. The number of benzene rings is 1. The molecule has 20 heavy (non-hydrogen) atoms. The largest absolute Gasteiger partial charge is 0.465 e. The minimum absolute atomic E-state index is 0.0435. The molecule has 3 N–H and O–H groups in total. The van der Waals surface area contributed by atoms with Crippen molar-refractivity contribution in [2.24, 2.45) is 0 Å². The lowest BCUT2D eigenvalue weighted by molar-refractivity contribution is 0.0601. The van der Waals surface area contributed by atoms with E-state index in [1.165, 1.54) is 31.6 Å². The van der Waals surface area contributed by atoms with Crippen LogP contribution in [0.2, 0.25) is 0 Å². The molecule has 0 aliphatic heterocycles. The molecule has 0 spiro atoms. The highest BCUT2D eigenvalue weighted by Crippen LogP contribution is 2.20. The maximum Gasteiger partial charge on any atom is 0.337 e. The molecule has 1 rings (SSSR count). The predicted octanol–water partition coefficient (Wildman–Crippen LogP) is 0.359. The van der Waals surface area contributed by atoms with Crippen LogP contribution in [0.3, 0.4) is 0 Å². The number of nitrogens with one attached hydrogen (secondary N) is 1. The fraction of sp³-hybridized carbons (Fsp3) is 0.417. The molecule has 1 aromatic rings. The zero-order valence-corrected chi connectivity index (χ0v) is 12.5. The molecule has 0 fully saturated rings. The van der Waals surface area contributed by atoms with Crippen LogP contribution in [-0.2, 0) is 14.8 Å². The van der Waals surface area contributed by atoms with Gasteiger partial charge in [-0.2, -0.15) is 0 Å². The first-order valence-electron chi connectivity index (χ1n) is 5.90. The number of nitrogens with zero attached hydrogens (tertiary/aromatic N) is 1. The van der Waals surface area contributed by atoms with Crippen LogP contribution in [0.5, 0.6) is 0 Å². The van der Waals surface area contributed by atoms with Crippen LogP contribution in [0.4, 0.5) is 11.4 Å². The van der Waals surface area contributed by atoms with Crippen molar-refractivity contribution in [1.82, 2.24) is 4.31 Å². The normalized spacial score (nSPS) is 11.4. The van der Waals surface area contributed by atoms with Gasteiger partial charge in [0.15, 0.2) is 0 Å². The molecule has 0 aliphatic carbocycles. The Kier molecular flexibility index (Phi) is 5.34. The molecule has 0 atom stereocenters.